The van der Waals surface area contributed by atoms with E-state index >= 15 is 0 Å². The zero-order chi connectivity index (χ0) is 13.9. The summed E-state index contributed by atoms with van der Waals surface area (Å²) in [6.07, 6.45) is 8.80. The van der Waals surface area contributed by atoms with E-state index in [1.54, 1.807) is 0 Å². The minimum atomic E-state index is 0.380. The van der Waals surface area contributed by atoms with Crippen molar-refractivity contribution in [3.63, 3.8) is 0 Å². The van der Waals surface area contributed by atoms with Gasteiger partial charge in [0.1, 0.15) is 0 Å². The van der Waals surface area contributed by atoms with Gasteiger partial charge in [-0.3, -0.25) is 4.79 Å². The molecule has 110 valence electrons. The van der Waals surface area contributed by atoms with E-state index in [2.05, 4.69) is 18.7 Å². The monoisotopic (exact) mass is 266 g/mol. The maximum Gasteiger partial charge on any atom is 0.222 e. The molecule has 1 aliphatic heterocycles. The van der Waals surface area contributed by atoms with Crippen molar-refractivity contribution in [3.8, 4) is 0 Å². The minimum absolute atomic E-state index is 0.380. The average Bonchev–Trinajstić information content (AvgIpc) is 2.53. The molecule has 1 saturated heterocycles. The SMILES string of the molecule is CC1(C)CCCN(C(=O)CC2CCC(N)CC2)CC1. The van der Waals surface area contributed by atoms with E-state index in [-0.39, 0.29) is 0 Å². The van der Waals surface area contributed by atoms with Gasteiger partial charge in [-0.05, 0) is 56.3 Å². The van der Waals surface area contributed by atoms with Crippen molar-refractivity contribution < 1.29 is 4.79 Å². The van der Waals surface area contributed by atoms with Gasteiger partial charge in [0, 0.05) is 25.6 Å². The van der Waals surface area contributed by atoms with E-state index in [1.807, 2.05) is 0 Å². The van der Waals surface area contributed by atoms with Crippen molar-refractivity contribution in [2.24, 2.45) is 17.1 Å². The highest BCUT2D eigenvalue weighted by molar-refractivity contribution is 5.76. The first-order valence-corrected chi connectivity index (χ1v) is 8.00. The zero-order valence-corrected chi connectivity index (χ0v) is 12.7. The predicted octanol–water partition coefficient (Wildman–Crippen LogP) is 2.93. The molecule has 0 aromatic heterocycles. The number of hydrogen-bond donors (Lipinski definition) is 1. The van der Waals surface area contributed by atoms with Crippen LogP contribution < -0.4 is 5.73 Å². The van der Waals surface area contributed by atoms with Gasteiger partial charge in [0.05, 0.1) is 0 Å². The molecular weight excluding hydrogens is 236 g/mol. The Morgan fingerprint density at radius 1 is 1.16 bits per heavy atom. The summed E-state index contributed by atoms with van der Waals surface area (Å²) in [5, 5.41) is 0. The molecule has 0 bridgehead atoms. The zero-order valence-electron chi connectivity index (χ0n) is 12.7. The Morgan fingerprint density at radius 2 is 1.84 bits per heavy atom. The summed E-state index contributed by atoms with van der Waals surface area (Å²) in [4.78, 5) is 14.5. The van der Waals surface area contributed by atoms with Gasteiger partial charge in [-0.1, -0.05) is 13.8 Å². The molecule has 0 unspecified atom stereocenters. The van der Waals surface area contributed by atoms with Crippen molar-refractivity contribution in [3.05, 3.63) is 0 Å². The highest BCUT2D eigenvalue weighted by atomic mass is 16.2. The summed E-state index contributed by atoms with van der Waals surface area (Å²) >= 11 is 0. The van der Waals surface area contributed by atoms with Crippen molar-refractivity contribution >= 4 is 5.91 Å². The first-order chi connectivity index (χ1) is 8.96. The van der Waals surface area contributed by atoms with Gasteiger partial charge in [0.2, 0.25) is 5.91 Å². The Hall–Kier alpha value is -0.570. The van der Waals surface area contributed by atoms with Crippen LogP contribution in [0.2, 0.25) is 0 Å². The van der Waals surface area contributed by atoms with E-state index in [4.69, 9.17) is 5.73 Å². The lowest BCUT2D eigenvalue weighted by Crippen LogP contribution is -2.35. The summed E-state index contributed by atoms with van der Waals surface area (Å²) < 4.78 is 0. The molecular formula is C16H30N2O. The van der Waals surface area contributed by atoms with Gasteiger partial charge in [0.25, 0.3) is 0 Å². The lowest BCUT2D eigenvalue weighted by Gasteiger charge is -2.28. The van der Waals surface area contributed by atoms with Gasteiger partial charge in [-0.15, -0.1) is 0 Å². The fraction of sp³-hybridized carbons (Fsp3) is 0.938. The smallest absolute Gasteiger partial charge is 0.222 e. The second-order valence-corrected chi connectivity index (χ2v) is 7.38. The van der Waals surface area contributed by atoms with Crippen LogP contribution in [-0.2, 0) is 4.79 Å². The molecule has 0 radical (unpaired) electrons. The van der Waals surface area contributed by atoms with E-state index in [9.17, 15) is 4.79 Å². The van der Waals surface area contributed by atoms with Gasteiger partial charge < -0.3 is 10.6 Å². The molecule has 2 fully saturated rings. The van der Waals surface area contributed by atoms with Gasteiger partial charge >= 0.3 is 0 Å². The van der Waals surface area contributed by atoms with Crippen LogP contribution in [-0.4, -0.2) is 29.9 Å². The topological polar surface area (TPSA) is 46.3 Å². The normalized spacial score (nSPS) is 31.8. The van der Waals surface area contributed by atoms with E-state index in [0.717, 1.165) is 58.0 Å². The molecule has 0 spiro atoms. The lowest BCUT2D eigenvalue weighted by molar-refractivity contribution is -0.132. The fourth-order valence-electron chi connectivity index (χ4n) is 3.44. The second kappa shape index (κ2) is 6.25. The third-order valence-corrected chi connectivity index (χ3v) is 5.05. The number of hydrogen-bond acceptors (Lipinski definition) is 2. The van der Waals surface area contributed by atoms with Crippen LogP contribution in [0.5, 0.6) is 0 Å². The molecule has 1 heterocycles. The number of nitrogens with two attached hydrogens (primary N) is 1. The van der Waals surface area contributed by atoms with E-state index in [1.165, 1.54) is 6.42 Å². The van der Waals surface area contributed by atoms with E-state index in [0.29, 0.717) is 23.3 Å². The van der Waals surface area contributed by atoms with Crippen molar-refractivity contribution in [1.82, 2.24) is 4.90 Å². The third-order valence-electron chi connectivity index (χ3n) is 5.05. The highest BCUT2D eigenvalue weighted by Crippen LogP contribution is 2.31. The second-order valence-electron chi connectivity index (χ2n) is 7.38. The van der Waals surface area contributed by atoms with Crippen LogP contribution in [0.4, 0.5) is 0 Å². The maximum atomic E-state index is 12.4. The molecule has 1 aliphatic carbocycles. The molecule has 3 heteroatoms. The van der Waals surface area contributed by atoms with Crippen LogP contribution in [0.3, 0.4) is 0 Å². The fourth-order valence-corrected chi connectivity index (χ4v) is 3.44. The molecule has 19 heavy (non-hydrogen) atoms. The summed E-state index contributed by atoms with van der Waals surface area (Å²) in [5.74, 6) is 0.974. The quantitative estimate of drug-likeness (QED) is 0.835. The Balaban J connectivity index is 1.79. The van der Waals surface area contributed by atoms with E-state index < -0.39 is 0 Å². The molecule has 0 aromatic carbocycles. The van der Waals surface area contributed by atoms with Gasteiger partial charge in [-0.2, -0.15) is 0 Å². The first-order valence-electron chi connectivity index (χ1n) is 8.00. The molecule has 2 N–H and O–H groups in total. The van der Waals surface area contributed by atoms with Crippen LogP contribution >= 0.6 is 0 Å². The molecule has 3 nitrogen and oxygen atoms in total. The summed E-state index contributed by atoms with van der Waals surface area (Å²) in [6, 6.07) is 0.380. The number of carbonyl (C=O) groups is 1. The number of carbonyl (C=O) groups excluding carboxylic acids is 1. The molecule has 0 atom stereocenters. The Labute approximate surface area is 117 Å². The predicted molar refractivity (Wildman–Crippen MR) is 78.8 cm³/mol. The van der Waals surface area contributed by atoms with Crippen LogP contribution in [0.25, 0.3) is 0 Å². The largest absolute Gasteiger partial charge is 0.343 e. The number of likely N-dealkylation sites (tertiary alicyclic amines) is 1. The molecule has 0 aromatic rings. The lowest BCUT2D eigenvalue weighted by atomic mass is 9.84. The van der Waals surface area contributed by atoms with Gasteiger partial charge in [-0.25, -0.2) is 0 Å². The van der Waals surface area contributed by atoms with Crippen LogP contribution in [0, 0.1) is 11.3 Å². The van der Waals surface area contributed by atoms with Crippen molar-refractivity contribution in [2.75, 3.05) is 13.1 Å². The van der Waals surface area contributed by atoms with Crippen LogP contribution in [0.15, 0.2) is 0 Å². The standard InChI is InChI=1S/C16H30N2O/c1-16(2)8-3-10-18(11-9-16)15(19)12-13-4-6-14(17)7-5-13/h13-14H,3-12,17H2,1-2H3. The number of amides is 1. The molecule has 2 rings (SSSR count). The minimum Gasteiger partial charge on any atom is -0.343 e. The van der Waals surface area contributed by atoms with Crippen molar-refractivity contribution in [1.29, 1.82) is 0 Å². The third kappa shape index (κ3) is 4.48. The summed E-state index contributed by atoms with van der Waals surface area (Å²) in [5.41, 5.74) is 6.34. The molecule has 2 aliphatic rings. The summed E-state index contributed by atoms with van der Waals surface area (Å²) in [7, 11) is 0. The van der Waals surface area contributed by atoms with Gasteiger partial charge in [0.15, 0.2) is 0 Å². The van der Waals surface area contributed by atoms with Crippen molar-refractivity contribution in [2.45, 2.75) is 71.3 Å². The highest BCUT2D eigenvalue weighted by Gasteiger charge is 2.27. The number of nitrogens with zero attached hydrogens (tertiary/aromatic N) is 1. The molecule has 1 saturated carbocycles. The van der Waals surface area contributed by atoms with Crippen LogP contribution in [0.1, 0.15) is 65.2 Å². The maximum absolute atomic E-state index is 12.4. The Morgan fingerprint density at radius 3 is 2.53 bits per heavy atom. The first kappa shape index (κ1) is 14.8. The summed E-state index contributed by atoms with van der Waals surface area (Å²) in [6.45, 7) is 6.57. The number of rotatable bonds is 2. The average molecular weight is 266 g/mol. The Bertz CT molecular complexity index is 306. The Kier molecular flexibility index (Phi) is 4.88. The molecule has 1 amide bonds.